The van der Waals surface area contributed by atoms with Crippen LogP contribution in [0.3, 0.4) is 0 Å². The fraction of sp³-hybridized carbons (Fsp3) is 0.545. The zero-order valence-corrected chi connectivity index (χ0v) is 10.2. The third-order valence-corrected chi connectivity index (χ3v) is 3.31. The van der Waals surface area contributed by atoms with Crippen molar-refractivity contribution in [2.24, 2.45) is 5.92 Å². The van der Waals surface area contributed by atoms with Crippen LogP contribution in [-0.2, 0) is 5.75 Å². The predicted octanol–water partition coefficient (Wildman–Crippen LogP) is 4.01. The third-order valence-electron chi connectivity index (χ3n) is 1.93. The fourth-order valence-corrected chi connectivity index (χ4v) is 2.53. The van der Waals surface area contributed by atoms with Gasteiger partial charge in [0, 0.05) is 11.9 Å². The second kappa shape index (κ2) is 6.31. The minimum atomic E-state index is 0.643. The number of halogens is 1. The lowest BCUT2D eigenvalue weighted by molar-refractivity contribution is 0.632. The Hall–Kier alpha value is -0.210. The summed E-state index contributed by atoms with van der Waals surface area (Å²) < 4.78 is 0. The molecule has 1 nitrogen and oxygen atoms in total. The van der Waals surface area contributed by atoms with E-state index in [0.717, 1.165) is 17.2 Å². The van der Waals surface area contributed by atoms with Crippen LogP contribution in [0.2, 0.25) is 5.15 Å². The molecule has 1 aromatic heterocycles. The van der Waals surface area contributed by atoms with Crippen molar-refractivity contribution in [3.8, 4) is 0 Å². The summed E-state index contributed by atoms with van der Waals surface area (Å²) in [5.74, 6) is 2.95. The molecule has 0 amide bonds. The number of pyridine rings is 1. The SMILES string of the molecule is CC(C)CCSCc1cccnc1Cl. The lowest BCUT2D eigenvalue weighted by Gasteiger charge is -2.05. The highest BCUT2D eigenvalue weighted by Crippen LogP contribution is 2.19. The van der Waals surface area contributed by atoms with Crippen LogP contribution >= 0.6 is 23.4 Å². The molecular weight excluding hydrogens is 214 g/mol. The first-order valence-corrected chi connectivity index (χ1v) is 6.40. The van der Waals surface area contributed by atoms with E-state index in [1.165, 1.54) is 12.2 Å². The highest BCUT2D eigenvalue weighted by atomic mass is 35.5. The predicted molar refractivity (Wildman–Crippen MR) is 64.9 cm³/mol. The molecule has 1 heterocycles. The van der Waals surface area contributed by atoms with E-state index in [4.69, 9.17) is 11.6 Å². The molecule has 0 saturated heterocycles. The van der Waals surface area contributed by atoms with Gasteiger partial charge in [-0.25, -0.2) is 4.98 Å². The molecule has 0 aliphatic rings. The standard InChI is InChI=1S/C11H16ClNS/c1-9(2)5-7-14-8-10-4-3-6-13-11(10)12/h3-4,6,9H,5,7-8H2,1-2H3. The van der Waals surface area contributed by atoms with Crippen molar-refractivity contribution in [2.45, 2.75) is 26.0 Å². The molecule has 0 fully saturated rings. The van der Waals surface area contributed by atoms with E-state index >= 15 is 0 Å². The topological polar surface area (TPSA) is 12.9 Å². The molecule has 14 heavy (non-hydrogen) atoms. The van der Waals surface area contributed by atoms with Gasteiger partial charge in [-0.3, -0.25) is 0 Å². The number of aromatic nitrogens is 1. The van der Waals surface area contributed by atoms with Crippen LogP contribution in [0.25, 0.3) is 0 Å². The molecule has 0 unspecified atom stereocenters. The molecule has 3 heteroatoms. The second-order valence-corrected chi connectivity index (χ2v) is 5.15. The molecule has 0 bridgehead atoms. The smallest absolute Gasteiger partial charge is 0.133 e. The summed E-state index contributed by atoms with van der Waals surface area (Å²) in [6, 6.07) is 3.97. The van der Waals surface area contributed by atoms with E-state index in [0.29, 0.717) is 5.15 Å². The zero-order valence-electron chi connectivity index (χ0n) is 8.66. The summed E-state index contributed by atoms with van der Waals surface area (Å²) in [7, 11) is 0. The van der Waals surface area contributed by atoms with Crippen molar-refractivity contribution < 1.29 is 0 Å². The maximum Gasteiger partial charge on any atom is 0.133 e. The maximum atomic E-state index is 5.94. The molecule has 1 aromatic rings. The Morgan fingerprint density at radius 1 is 1.50 bits per heavy atom. The van der Waals surface area contributed by atoms with Crippen molar-refractivity contribution in [1.29, 1.82) is 0 Å². The van der Waals surface area contributed by atoms with Gasteiger partial charge in [-0.15, -0.1) is 0 Å². The summed E-state index contributed by atoms with van der Waals surface area (Å²) in [6.45, 7) is 4.50. The lowest BCUT2D eigenvalue weighted by Crippen LogP contribution is -1.91. The van der Waals surface area contributed by atoms with Gasteiger partial charge in [0.15, 0.2) is 0 Å². The summed E-state index contributed by atoms with van der Waals surface area (Å²) in [6.07, 6.45) is 2.99. The number of hydrogen-bond donors (Lipinski definition) is 0. The first-order chi connectivity index (χ1) is 6.70. The summed E-state index contributed by atoms with van der Waals surface area (Å²) in [5.41, 5.74) is 1.14. The molecule has 0 aromatic carbocycles. The average molecular weight is 230 g/mol. The largest absolute Gasteiger partial charge is 0.244 e. The van der Waals surface area contributed by atoms with Crippen molar-refractivity contribution in [3.05, 3.63) is 29.0 Å². The molecule has 0 atom stereocenters. The lowest BCUT2D eigenvalue weighted by atomic mass is 10.2. The first kappa shape index (κ1) is 11.9. The Labute approximate surface area is 95.3 Å². The molecule has 1 rings (SSSR count). The van der Waals surface area contributed by atoms with E-state index in [2.05, 4.69) is 18.8 Å². The van der Waals surface area contributed by atoms with Crippen molar-refractivity contribution in [3.63, 3.8) is 0 Å². The molecule has 0 radical (unpaired) electrons. The molecule has 0 aliphatic heterocycles. The van der Waals surface area contributed by atoms with Gasteiger partial charge in [0.2, 0.25) is 0 Å². The molecule has 0 N–H and O–H groups in total. The Bertz CT molecular complexity index is 276. The van der Waals surface area contributed by atoms with Gasteiger partial charge >= 0.3 is 0 Å². The van der Waals surface area contributed by atoms with Gasteiger partial charge in [-0.1, -0.05) is 31.5 Å². The minimum absolute atomic E-state index is 0.643. The van der Waals surface area contributed by atoms with E-state index in [9.17, 15) is 0 Å². The van der Waals surface area contributed by atoms with Gasteiger partial charge in [0.05, 0.1) is 0 Å². The normalized spacial score (nSPS) is 10.9. The summed E-state index contributed by atoms with van der Waals surface area (Å²) in [4.78, 5) is 4.05. The van der Waals surface area contributed by atoms with Gasteiger partial charge < -0.3 is 0 Å². The monoisotopic (exact) mass is 229 g/mol. The quantitative estimate of drug-likeness (QED) is 0.559. The Kier molecular flexibility index (Phi) is 5.34. The van der Waals surface area contributed by atoms with E-state index in [1.54, 1.807) is 6.20 Å². The van der Waals surface area contributed by atoms with E-state index in [-0.39, 0.29) is 0 Å². The van der Waals surface area contributed by atoms with Crippen molar-refractivity contribution >= 4 is 23.4 Å². The minimum Gasteiger partial charge on any atom is -0.244 e. The van der Waals surface area contributed by atoms with Crippen LogP contribution in [0.4, 0.5) is 0 Å². The fourth-order valence-electron chi connectivity index (χ4n) is 1.03. The molecule has 0 saturated carbocycles. The van der Waals surface area contributed by atoms with Gasteiger partial charge in [0.1, 0.15) is 5.15 Å². The Morgan fingerprint density at radius 3 is 2.93 bits per heavy atom. The van der Waals surface area contributed by atoms with Crippen LogP contribution in [0, 0.1) is 5.92 Å². The zero-order chi connectivity index (χ0) is 10.4. The van der Waals surface area contributed by atoms with Crippen LogP contribution < -0.4 is 0 Å². The van der Waals surface area contributed by atoms with E-state index < -0.39 is 0 Å². The van der Waals surface area contributed by atoms with Gasteiger partial charge in [-0.2, -0.15) is 11.8 Å². The van der Waals surface area contributed by atoms with Gasteiger partial charge in [0.25, 0.3) is 0 Å². The average Bonchev–Trinajstić information content (AvgIpc) is 2.15. The van der Waals surface area contributed by atoms with Gasteiger partial charge in [-0.05, 0) is 29.7 Å². The maximum absolute atomic E-state index is 5.94. The van der Waals surface area contributed by atoms with E-state index in [1.807, 2.05) is 23.9 Å². The number of rotatable bonds is 5. The number of thioether (sulfide) groups is 1. The highest BCUT2D eigenvalue weighted by molar-refractivity contribution is 7.98. The molecule has 0 spiro atoms. The molecule has 0 aliphatic carbocycles. The van der Waals surface area contributed by atoms with Crippen LogP contribution in [0.1, 0.15) is 25.8 Å². The van der Waals surface area contributed by atoms with Crippen LogP contribution in [0.5, 0.6) is 0 Å². The number of hydrogen-bond acceptors (Lipinski definition) is 2. The third kappa shape index (κ3) is 4.34. The molecular formula is C11H16ClNS. The number of nitrogens with zero attached hydrogens (tertiary/aromatic N) is 1. The Balaban J connectivity index is 2.28. The van der Waals surface area contributed by atoms with Crippen molar-refractivity contribution in [1.82, 2.24) is 4.98 Å². The Morgan fingerprint density at radius 2 is 2.29 bits per heavy atom. The first-order valence-electron chi connectivity index (χ1n) is 4.87. The molecule has 78 valence electrons. The van der Waals surface area contributed by atoms with Crippen LogP contribution in [0.15, 0.2) is 18.3 Å². The summed E-state index contributed by atoms with van der Waals surface area (Å²) in [5, 5.41) is 0.643. The van der Waals surface area contributed by atoms with Crippen molar-refractivity contribution in [2.75, 3.05) is 5.75 Å². The summed E-state index contributed by atoms with van der Waals surface area (Å²) >= 11 is 7.87. The second-order valence-electron chi connectivity index (χ2n) is 3.69. The highest BCUT2D eigenvalue weighted by Gasteiger charge is 2.00. The van der Waals surface area contributed by atoms with Crippen LogP contribution in [-0.4, -0.2) is 10.7 Å².